The zero-order chi connectivity index (χ0) is 16.8. The summed E-state index contributed by atoms with van der Waals surface area (Å²) >= 11 is 0. The highest BCUT2D eigenvalue weighted by Crippen LogP contribution is 2.18. The molecule has 0 bridgehead atoms. The first-order valence-corrected chi connectivity index (χ1v) is 7.55. The fraction of sp³-hybridized carbons (Fsp3) is 0.278. The normalized spacial score (nSPS) is 11.8. The number of halogens is 2. The fourth-order valence-corrected chi connectivity index (χ4v) is 2.09. The van der Waals surface area contributed by atoms with Gasteiger partial charge in [-0.25, -0.2) is 8.78 Å². The summed E-state index contributed by atoms with van der Waals surface area (Å²) in [6.07, 6.45) is 0.582. The van der Waals surface area contributed by atoms with Crippen molar-refractivity contribution in [2.45, 2.75) is 32.8 Å². The van der Waals surface area contributed by atoms with Gasteiger partial charge in [-0.3, -0.25) is 4.79 Å². The molecule has 3 nitrogen and oxygen atoms in total. The van der Waals surface area contributed by atoms with Crippen LogP contribution in [-0.4, -0.2) is 12.0 Å². The Morgan fingerprint density at radius 2 is 1.83 bits per heavy atom. The molecule has 0 radical (unpaired) electrons. The Kier molecular flexibility index (Phi) is 5.68. The lowest BCUT2D eigenvalue weighted by atomic mass is 10.1. The van der Waals surface area contributed by atoms with E-state index >= 15 is 0 Å². The molecular weight excluding hydrogens is 300 g/mol. The summed E-state index contributed by atoms with van der Waals surface area (Å²) in [5.74, 6) is -1.42. The molecule has 0 saturated heterocycles. The largest absolute Gasteiger partial charge is 0.481 e. The van der Waals surface area contributed by atoms with E-state index in [1.807, 2.05) is 12.1 Å². The summed E-state index contributed by atoms with van der Waals surface area (Å²) in [5.41, 5.74) is 1.10. The maximum Gasteiger partial charge on any atom is 0.265 e. The van der Waals surface area contributed by atoms with Crippen molar-refractivity contribution in [1.29, 1.82) is 0 Å². The van der Waals surface area contributed by atoms with Gasteiger partial charge in [0, 0.05) is 6.07 Å². The van der Waals surface area contributed by atoms with Crippen LogP contribution in [0.4, 0.5) is 14.5 Å². The number of carbonyl (C=O) groups excluding carboxylic acids is 1. The van der Waals surface area contributed by atoms with Gasteiger partial charge in [-0.05, 0) is 42.7 Å². The van der Waals surface area contributed by atoms with Crippen molar-refractivity contribution in [3.05, 3.63) is 59.7 Å². The maximum absolute atomic E-state index is 13.6. The van der Waals surface area contributed by atoms with Crippen molar-refractivity contribution in [2.24, 2.45) is 0 Å². The second-order valence-electron chi connectivity index (χ2n) is 5.13. The predicted molar refractivity (Wildman–Crippen MR) is 85.5 cm³/mol. The molecule has 2 aromatic rings. The summed E-state index contributed by atoms with van der Waals surface area (Å²) in [7, 11) is 0. The van der Waals surface area contributed by atoms with E-state index in [9.17, 15) is 13.6 Å². The Hall–Kier alpha value is -2.43. The minimum atomic E-state index is -0.819. The van der Waals surface area contributed by atoms with Crippen LogP contribution in [-0.2, 0) is 11.2 Å². The highest BCUT2D eigenvalue weighted by Gasteiger charge is 2.20. The van der Waals surface area contributed by atoms with Gasteiger partial charge in [-0.1, -0.05) is 26.0 Å². The summed E-state index contributed by atoms with van der Waals surface area (Å²) in [6.45, 7) is 3.85. The van der Waals surface area contributed by atoms with Gasteiger partial charge in [0.25, 0.3) is 5.91 Å². The molecule has 0 aromatic heterocycles. The summed E-state index contributed by atoms with van der Waals surface area (Å²) in [4.78, 5) is 12.2. The van der Waals surface area contributed by atoms with Crippen LogP contribution in [0, 0.1) is 11.6 Å². The van der Waals surface area contributed by atoms with Crippen LogP contribution in [0.25, 0.3) is 0 Å². The van der Waals surface area contributed by atoms with Crippen molar-refractivity contribution in [3.63, 3.8) is 0 Å². The van der Waals surface area contributed by atoms with Gasteiger partial charge in [-0.15, -0.1) is 0 Å². The van der Waals surface area contributed by atoms with Gasteiger partial charge in [0.15, 0.2) is 6.10 Å². The number of ether oxygens (including phenoxy) is 1. The van der Waals surface area contributed by atoms with E-state index < -0.39 is 23.6 Å². The number of hydrogen-bond acceptors (Lipinski definition) is 2. The fourth-order valence-electron chi connectivity index (χ4n) is 2.09. The van der Waals surface area contributed by atoms with Crippen molar-refractivity contribution < 1.29 is 18.3 Å². The van der Waals surface area contributed by atoms with Gasteiger partial charge in [0.1, 0.15) is 17.4 Å². The standard InChI is InChI=1S/C18H19F2NO2/c1-3-12-5-8-14(9-6-12)23-17(4-2)18(22)21-16-10-7-13(19)11-15(16)20/h5-11,17H,3-4H2,1-2H3,(H,21,22). The van der Waals surface area contributed by atoms with E-state index in [-0.39, 0.29) is 5.69 Å². The van der Waals surface area contributed by atoms with Crippen molar-refractivity contribution in [2.75, 3.05) is 5.32 Å². The average Bonchev–Trinajstić information content (AvgIpc) is 2.55. The first kappa shape index (κ1) is 16.9. The van der Waals surface area contributed by atoms with E-state index in [0.29, 0.717) is 12.2 Å². The van der Waals surface area contributed by atoms with Crippen LogP contribution in [0.1, 0.15) is 25.8 Å². The van der Waals surface area contributed by atoms with Crippen LogP contribution in [0.3, 0.4) is 0 Å². The zero-order valence-electron chi connectivity index (χ0n) is 13.1. The molecule has 2 rings (SSSR count). The highest BCUT2D eigenvalue weighted by molar-refractivity contribution is 5.94. The van der Waals surface area contributed by atoms with E-state index in [4.69, 9.17) is 4.74 Å². The van der Waals surface area contributed by atoms with Gasteiger partial charge in [0.2, 0.25) is 0 Å². The Balaban J connectivity index is 2.05. The van der Waals surface area contributed by atoms with Gasteiger partial charge >= 0.3 is 0 Å². The number of amides is 1. The topological polar surface area (TPSA) is 38.3 Å². The Labute approximate surface area is 134 Å². The molecule has 5 heteroatoms. The van der Waals surface area contributed by atoms with Gasteiger partial charge in [0.05, 0.1) is 5.69 Å². The Bertz CT molecular complexity index is 671. The third-order valence-corrected chi connectivity index (χ3v) is 3.46. The van der Waals surface area contributed by atoms with Crippen molar-refractivity contribution in [3.8, 4) is 5.75 Å². The average molecular weight is 319 g/mol. The molecule has 0 aliphatic carbocycles. The van der Waals surface area contributed by atoms with Crippen LogP contribution in [0.5, 0.6) is 5.75 Å². The number of benzene rings is 2. The quantitative estimate of drug-likeness (QED) is 0.861. The molecule has 1 unspecified atom stereocenters. The smallest absolute Gasteiger partial charge is 0.265 e. The summed E-state index contributed by atoms with van der Waals surface area (Å²) in [5, 5.41) is 2.43. The number of hydrogen-bond donors (Lipinski definition) is 1. The Morgan fingerprint density at radius 1 is 1.13 bits per heavy atom. The molecular formula is C18H19F2NO2. The monoisotopic (exact) mass is 319 g/mol. The number of rotatable bonds is 6. The van der Waals surface area contributed by atoms with Crippen LogP contribution < -0.4 is 10.1 Å². The van der Waals surface area contributed by atoms with E-state index in [1.54, 1.807) is 19.1 Å². The molecule has 1 atom stereocenters. The molecule has 23 heavy (non-hydrogen) atoms. The van der Waals surface area contributed by atoms with Gasteiger partial charge < -0.3 is 10.1 Å². The van der Waals surface area contributed by atoms with Crippen molar-refractivity contribution in [1.82, 2.24) is 0 Å². The van der Waals surface area contributed by atoms with Crippen LogP contribution >= 0.6 is 0 Å². The van der Waals surface area contributed by atoms with Crippen molar-refractivity contribution >= 4 is 11.6 Å². The minimum Gasteiger partial charge on any atom is -0.481 e. The lowest BCUT2D eigenvalue weighted by Gasteiger charge is -2.17. The number of nitrogens with one attached hydrogen (secondary N) is 1. The molecule has 2 aromatic carbocycles. The molecule has 1 amide bonds. The highest BCUT2D eigenvalue weighted by atomic mass is 19.1. The second kappa shape index (κ2) is 7.72. The second-order valence-corrected chi connectivity index (χ2v) is 5.13. The first-order chi connectivity index (χ1) is 11.0. The SMILES string of the molecule is CCc1ccc(OC(CC)C(=O)Nc2ccc(F)cc2F)cc1. The molecule has 0 heterocycles. The molecule has 1 N–H and O–H groups in total. The molecule has 0 aliphatic rings. The van der Waals surface area contributed by atoms with E-state index in [0.717, 1.165) is 18.6 Å². The third-order valence-electron chi connectivity index (χ3n) is 3.46. The first-order valence-electron chi connectivity index (χ1n) is 7.55. The number of anilines is 1. The van der Waals surface area contributed by atoms with Crippen LogP contribution in [0.2, 0.25) is 0 Å². The zero-order valence-corrected chi connectivity index (χ0v) is 13.1. The lowest BCUT2D eigenvalue weighted by molar-refractivity contribution is -0.122. The number of aryl methyl sites for hydroxylation is 1. The predicted octanol–water partition coefficient (Wildman–Crippen LogP) is 4.32. The molecule has 0 fully saturated rings. The lowest BCUT2D eigenvalue weighted by Crippen LogP contribution is -2.32. The van der Waals surface area contributed by atoms with Gasteiger partial charge in [-0.2, -0.15) is 0 Å². The van der Waals surface area contributed by atoms with E-state index in [1.165, 1.54) is 11.6 Å². The maximum atomic E-state index is 13.6. The van der Waals surface area contributed by atoms with E-state index in [2.05, 4.69) is 12.2 Å². The Morgan fingerprint density at radius 3 is 2.39 bits per heavy atom. The summed E-state index contributed by atoms with van der Waals surface area (Å²) < 4.78 is 32.1. The molecule has 0 aliphatic heterocycles. The third kappa shape index (κ3) is 4.52. The molecule has 122 valence electrons. The molecule has 0 spiro atoms. The van der Waals surface area contributed by atoms with Crippen LogP contribution in [0.15, 0.2) is 42.5 Å². The number of carbonyl (C=O) groups is 1. The minimum absolute atomic E-state index is 0.0696. The molecule has 0 saturated carbocycles. The summed E-state index contributed by atoms with van der Waals surface area (Å²) in [6, 6.07) is 10.5.